The Balaban J connectivity index is 1.98. The van der Waals surface area contributed by atoms with Crippen molar-refractivity contribution in [2.24, 2.45) is 11.8 Å². The highest BCUT2D eigenvalue weighted by Crippen LogP contribution is 2.20. The van der Waals surface area contributed by atoms with E-state index in [1.165, 1.54) is 13.0 Å². The average Bonchev–Trinajstić information content (AvgIpc) is 2.89. The SMILES string of the molecule is CCC(C)C1CN(CCn2ccnc2C)C(C(C)C)CN1. The Kier molecular flexibility index (Phi) is 5.82. The molecule has 0 radical (unpaired) electrons. The van der Waals surface area contributed by atoms with E-state index in [1.54, 1.807) is 0 Å². The minimum atomic E-state index is 0.633. The van der Waals surface area contributed by atoms with Crippen molar-refractivity contribution in [1.82, 2.24) is 19.8 Å². The number of aryl methyl sites for hydroxylation is 1. The van der Waals surface area contributed by atoms with Gasteiger partial charge in [-0.05, 0) is 18.8 Å². The molecule has 2 heterocycles. The standard InChI is InChI=1S/C17H32N4/c1-6-14(4)16-12-21(17(11-19-16)13(2)3)10-9-20-8-7-18-15(20)5/h7-8,13-14,16-17,19H,6,9-12H2,1-5H3. The molecule has 1 N–H and O–H groups in total. The third kappa shape index (κ3) is 4.07. The Morgan fingerprint density at radius 3 is 2.67 bits per heavy atom. The van der Waals surface area contributed by atoms with E-state index >= 15 is 0 Å². The summed E-state index contributed by atoms with van der Waals surface area (Å²) in [6, 6.07) is 1.28. The van der Waals surface area contributed by atoms with E-state index in [1.807, 2.05) is 6.20 Å². The molecule has 0 spiro atoms. The summed E-state index contributed by atoms with van der Waals surface area (Å²) in [4.78, 5) is 7.01. The van der Waals surface area contributed by atoms with Crippen LogP contribution in [0.4, 0.5) is 0 Å². The number of hydrogen-bond acceptors (Lipinski definition) is 3. The summed E-state index contributed by atoms with van der Waals surface area (Å²) >= 11 is 0. The molecule has 1 aliphatic rings. The van der Waals surface area contributed by atoms with Crippen molar-refractivity contribution in [3.05, 3.63) is 18.2 Å². The van der Waals surface area contributed by atoms with E-state index in [0.717, 1.165) is 31.4 Å². The highest BCUT2D eigenvalue weighted by atomic mass is 15.3. The lowest BCUT2D eigenvalue weighted by Crippen LogP contribution is -2.60. The predicted molar refractivity (Wildman–Crippen MR) is 88.4 cm³/mol. The summed E-state index contributed by atoms with van der Waals surface area (Å²) in [5.74, 6) is 2.56. The van der Waals surface area contributed by atoms with Gasteiger partial charge in [0.1, 0.15) is 5.82 Å². The first kappa shape index (κ1) is 16.5. The molecule has 4 nitrogen and oxygen atoms in total. The van der Waals surface area contributed by atoms with Crippen LogP contribution in [0.25, 0.3) is 0 Å². The van der Waals surface area contributed by atoms with Gasteiger partial charge in [-0.3, -0.25) is 4.90 Å². The van der Waals surface area contributed by atoms with Crippen molar-refractivity contribution >= 4 is 0 Å². The zero-order chi connectivity index (χ0) is 15.4. The molecule has 1 aromatic rings. The number of hydrogen-bond donors (Lipinski definition) is 1. The van der Waals surface area contributed by atoms with Crippen LogP contribution < -0.4 is 5.32 Å². The first-order valence-electron chi connectivity index (χ1n) is 8.48. The van der Waals surface area contributed by atoms with Gasteiger partial charge in [-0.15, -0.1) is 0 Å². The molecule has 1 fully saturated rings. The molecule has 3 unspecified atom stereocenters. The normalized spacial score (nSPS) is 25.4. The van der Waals surface area contributed by atoms with Crippen LogP contribution in [-0.2, 0) is 6.54 Å². The second kappa shape index (κ2) is 7.41. The van der Waals surface area contributed by atoms with Gasteiger partial charge in [0.2, 0.25) is 0 Å². The summed E-state index contributed by atoms with van der Waals surface area (Å²) in [6.07, 6.45) is 5.24. The van der Waals surface area contributed by atoms with Crippen molar-refractivity contribution in [1.29, 1.82) is 0 Å². The van der Waals surface area contributed by atoms with E-state index in [-0.39, 0.29) is 0 Å². The Bertz CT molecular complexity index is 426. The number of nitrogens with zero attached hydrogens (tertiary/aromatic N) is 3. The average molecular weight is 292 g/mol. The van der Waals surface area contributed by atoms with E-state index in [0.29, 0.717) is 18.0 Å². The Labute approximate surface area is 129 Å². The zero-order valence-electron chi connectivity index (χ0n) is 14.3. The van der Waals surface area contributed by atoms with Crippen LogP contribution >= 0.6 is 0 Å². The Morgan fingerprint density at radius 1 is 1.33 bits per heavy atom. The molecule has 1 saturated heterocycles. The van der Waals surface area contributed by atoms with Gasteiger partial charge >= 0.3 is 0 Å². The summed E-state index contributed by atoms with van der Waals surface area (Å²) in [6.45, 7) is 15.9. The quantitative estimate of drug-likeness (QED) is 0.874. The molecule has 1 aliphatic heterocycles. The number of imidazole rings is 1. The minimum Gasteiger partial charge on any atom is -0.334 e. The molecule has 0 amide bonds. The fourth-order valence-corrected chi connectivity index (χ4v) is 3.31. The largest absolute Gasteiger partial charge is 0.334 e. The number of nitrogens with one attached hydrogen (secondary N) is 1. The lowest BCUT2D eigenvalue weighted by Gasteiger charge is -2.44. The lowest BCUT2D eigenvalue weighted by atomic mass is 9.92. The van der Waals surface area contributed by atoms with Gasteiger partial charge in [0, 0.05) is 50.7 Å². The second-order valence-corrected chi connectivity index (χ2v) is 6.87. The molecule has 0 aliphatic carbocycles. The second-order valence-electron chi connectivity index (χ2n) is 6.87. The summed E-state index contributed by atoms with van der Waals surface area (Å²) in [7, 11) is 0. The molecule has 0 saturated carbocycles. The van der Waals surface area contributed by atoms with Gasteiger partial charge in [0.25, 0.3) is 0 Å². The third-order valence-corrected chi connectivity index (χ3v) is 5.14. The van der Waals surface area contributed by atoms with Crippen molar-refractivity contribution < 1.29 is 0 Å². The molecule has 1 aromatic heterocycles. The predicted octanol–water partition coefficient (Wildman–Crippen LogP) is 2.54. The van der Waals surface area contributed by atoms with Crippen LogP contribution in [0.2, 0.25) is 0 Å². The number of aromatic nitrogens is 2. The maximum absolute atomic E-state index is 4.32. The molecule has 3 atom stereocenters. The first-order valence-corrected chi connectivity index (χ1v) is 8.48. The smallest absolute Gasteiger partial charge is 0.105 e. The molecular formula is C17H32N4. The fraction of sp³-hybridized carbons (Fsp3) is 0.824. The topological polar surface area (TPSA) is 33.1 Å². The van der Waals surface area contributed by atoms with E-state index in [2.05, 4.69) is 60.6 Å². The lowest BCUT2D eigenvalue weighted by molar-refractivity contribution is 0.0785. The van der Waals surface area contributed by atoms with Gasteiger partial charge in [0.05, 0.1) is 0 Å². The monoisotopic (exact) mass is 292 g/mol. The van der Waals surface area contributed by atoms with Gasteiger partial charge in [-0.2, -0.15) is 0 Å². The molecule has 120 valence electrons. The fourth-order valence-electron chi connectivity index (χ4n) is 3.31. The van der Waals surface area contributed by atoms with Gasteiger partial charge in [-0.25, -0.2) is 4.98 Å². The van der Waals surface area contributed by atoms with Crippen molar-refractivity contribution in [3.8, 4) is 0 Å². The van der Waals surface area contributed by atoms with E-state index in [9.17, 15) is 0 Å². The van der Waals surface area contributed by atoms with Gasteiger partial charge < -0.3 is 9.88 Å². The Hall–Kier alpha value is -0.870. The van der Waals surface area contributed by atoms with Gasteiger partial charge in [-0.1, -0.05) is 34.1 Å². The third-order valence-electron chi connectivity index (χ3n) is 5.14. The molecule has 2 rings (SSSR count). The van der Waals surface area contributed by atoms with Crippen molar-refractivity contribution in [2.75, 3.05) is 19.6 Å². The summed E-state index contributed by atoms with van der Waals surface area (Å²) in [5, 5.41) is 3.77. The molecule has 0 bridgehead atoms. The zero-order valence-corrected chi connectivity index (χ0v) is 14.3. The maximum Gasteiger partial charge on any atom is 0.105 e. The first-order chi connectivity index (χ1) is 10.0. The molecule has 21 heavy (non-hydrogen) atoms. The van der Waals surface area contributed by atoms with Crippen LogP contribution in [0.3, 0.4) is 0 Å². The highest BCUT2D eigenvalue weighted by Gasteiger charge is 2.31. The van der Waals surface area contributed by atoms with Crippen molar-refractivity contribution in [2.45, 2.75) is 59.7 Å². The molecule has 0 aromatic carbocycles. The van der Waals surface area contributed by atoms with Crippen LogP contribution in [0.5, 0.6) is 0 Å². The highest BCUT2D eigenvalue weighted by molar-refractivity contribution is 4.92. The van der Waals surface area contributed by atoms with Crippen molar-refractivity contribution in [3.63, 3.8) is 0 Å². The summed E-state index contributed by atoms with van der Waals surface area (Å²) in [5.41, 5.74) is 0. The van der Waals surface area contributed by atoms with Crippen LogP contribution in [-0.4, -0.2) is 46.2 Å². The number of rotatable bonds is 6. The minimum absolute atomic E-state index is 0.633. The number of piperazine rings is 1. The molecular weight excluding hydrogens is 260 g/mol. The Morgan fingerprint density at radius 2 is 2.10 bits per heavy atom. The molecule has 4 heteroatoms. The van der Waals surface area contributed by atoms with Crippen LogP contribution in [0.1, 0.15) is 39.9 Å². The van der Waals surface area contributed by atoms with E-state index < -0.39 is 0 Å². The van der Waals surface area contributed by atoms with Crippen LogP contribution in [0.15, 0.2) is 12.4 Å². The van der Waals surface area contributed by atoms with Gasteiger partial charge in [0.15, 0.2) is 0 Å². The maximum atomic E-state index is 4.32. The summed E-state index contributed by atoms with van der Waals surface area (Å²) < 4.78 is 2.26. The van der Waals surface area contributed by atoms with E-state index in [4.69, 9.17) is 0 Å². The van der Waals surface area contributed by atoms with Crippen LogP contribution in [0, 0.1) is 18.8 Å².